The van der Waals surface area contributed by atoms with E-state index < -0.39 is 0 Å². The molecule has 1 amide bonds. The molecule has 0 aliphatic heterocycles. The van der Waals surface area contributed by atoms with Gasteiger partial charge in [0.1, 0.15) is 5.75 Å². The number of methoxy groups -OCH3 is 1. The highest BCUT2D eigenvalue weighted by atomic mass is 32.1. The summed E-state index contributed by atoms with van der Waals surface area (Å²) in [4.78, 5) is 19.7. The number of benzene rings is 1. The van der Waals surface area contributed by atoms with E-state index in [-0.39, 0.29) is 18.4 Å². The van der Waals surface area contributed by atoms with Crippen LogP contribution in [-0.4, -0.2) is 48.7 Å². The Morgan fingerprint density at radius 3 is 2.82 bits per heavy atom. The van der Waals surface area contributed by atoms with Crippen molar-refractivity contribution in [2.75, 3.05) is 27.7 Å². The smallest absolute Gasteiger partial charge is 0.227 e. The lowest BCUT2D eigenvalue weighted by Crippen LogP contribution is -2.34. The van der Waals surface area contributed by atoms with E-state index in [1.807, 2.05) is 55.9 Å². The van der Waals surface area contributed by atoms with Crippen molar-refractivity contribution in [3.8, 4) is 16.5 Å². The van der Waals surface area contributed by atoms with E-state index in [0.29, 0.717) is 24.7 Å². The molecule has 1 aromatic carbocycles. The zero-order chi connectivity index (χ0) is 19.9. The Morgan fingerprint density at radius 2 is 2.11 bits per heavy atom. The summed E-state index contributed by atoms with van der Waals surface area (Å²) in [6.45, 7) is 0.483. The number of hydrogen-bond acceptors (Lipinski definition) is 7. The van der Waals surface area contributed by atoms with Gasteiger partial charge in [0, 0.05) is 24.9 Å². The van der Waals surface area contributed by atoms with Crippen LogP contribution in [0.4, 0.5) is 0 Å². The van der Waals surface area contributed by atoms with Crippen LogP contribution in [-0.2, 0) is 11.2 Å². The van der Waals surface area contributed by atoms with E-state index >= 15 is 0 Å². The number of amides is 1. The molecule has 0 aliphatic rings. The Morgan fingerprint density at radius 1 is 1.29 bits per heavy atom. The average molecular weight is 401 g/mol. The summed E-state index contributed by atoms with van der Waals surface area (Å²) in [5, 5.41) is 8.92. The molecule has 3 rings (SSSR count). The lowest BCUT2D eigenvalue weighted by Gasteiger charge is -2.26. The van der Waals surface area contributed by atoms with Crippen molar-refractivity contribution >= 4 is 17.2 Å². The number of aryl methyl sites for hydroxylation is 1. The van der Waals surface area contributed by atoms with Crippen LogP contribution in [0.15, 0.2) is 46.3 Å². The van der Waals surface area contributed by atoms with Gasteiger partial charge in [0.25, 0.3) is 0 Å². The van der Waals surface area contributed by atoms with E-state index in [1.54, 1.807) is 18.4 Å². The highest BCUT2D eigenvalue weighted by Crippen LogP contribution is 2.27. The van der Waals surface area contributed by atoms with Crippen LogP contribution >= 0.6 is 11.3 Å². The van der Waals surface area contributed by atoms with Crippen molar-refractivity contribution < 1.29 is 14.1 Å². The van der Waals surface area contributed by atoms with Crippen LogP contribution in [0.2, 0.25) is 0 Å². The number of aromatic nitrogens is 2. The maximum atomic E-state index is 12.3. The van der Waals surface area contributed by atoms with Gasteiger partial charge in [0.15, 0.2) is 0 Å². The van der Waals surface area contributed by atoms with Crippen LogP contribution in [0.3, 0.4) is 0 Å². The Balaban J connectivity index is 1.54. The summed E-state index contributed by atoms with van der Waals surface area (Å²) in [7, 11) is 5.61. The summed E-state index contributed by atoms with van der Waals surface area (Å²) in [5.74, 6) is 1.78. The molecule has 8 heteroatoms. The number of thiophene rings is 1. The van der Waals surface area contributed by atoms with Crippen LogP contribution in [0.5, 0.6) is 5.75 Å². The van der Waals surface area contributed by atoms with Gasteiger partial charge in [-0.25, -0.2) is 0 Å². The minimum atomic E-state index is -0.0578. The van der Waals surface area contributed by atoms with Crippen LogP contribution in [0.25, 0.3) is 10.7 Å². The molecule has 0 bridgehead atoms. The summed E-state index contributed by atoms with van der Waals surface area (Å²) >= 11 is 1.55. The fraction of sp³-hybridized carbons (Fsp3) is 0.350. The number of hydrogen-bond donors (Lipinski definition) is 1. The Hall–Kier alpha value is -2.71. The number of ether oxygens (including phenoxy) is 1. The Kier molecular flexibility index (Phi) is 6.78. The van der Waals surface area contributed by atoms with Crippen molar-refractivity contribution in [2.24, 2.45) is 0 Å². The fourth-order valence-electron chi connectivity index (χ4n) is 2.89. The van der Waals surface area contributed by atoms with Crippen LogP contribution in [0, 0.1) is 0 Å². The zero-order valence-corrected chi connectivity index (χ0v) is 17.0. The molecule has 0 saturated carbocycles. The van der Waals surface area contributed by atoms with Crippen molar-refractivity contribution in [3.63, 3.8) is 0 Å². The van der Waals surface area contributed by atoms with Crippen molar-refractivity contribution in [1.82, 2.24) is 20.4 Å². The molecule has 1 N–H and O–H groups in total. The molecule has 0 saturated heterocycles. The summed E-state index contributed by atoms with van der Waals surface area (Å²) < 4.78 is 10.7. The van der Waals surface area contributed by atoms with E-state index in [4.69, 9.17) is 9.26 Å². The molecule has 7 nitrogen and oxygen atoms in total. The molecular weight excluding hydrogens is 376 g/mol. The van der Waals surface area contributed by atoms with Crippen molar-refractivity contribution in [1.29, 1.82) is 0 Å². The zero-order valence-electron chi connectivity index (χ0n) is 16.2. The summed E-state index contributed by atoms with van der Waals surface area (Å²) in [6, 6.07) is 11.7. The highest BCUT2D eigenvalue weighted by Gasteiger charge is 2.19. The molecule has 0 radical (unpaired) electrons. The molecule has 2 heterocycles. The first-order chi connectivity index (χ1) is 13.6. The number of para-hydroxylation sites is 1. The van der Waals surface area contributed by atoms with Gasteiger partial charge in [-0.3, -0.25) is 4.79 Å². The van der Waals surface area contributed by atoms with Crippen LogP contribution < -0.4 is 10.1 Å². The van der Waals surface area contributed by atoms with Gasteiger partial charge in [0.2, 0.25) is 17.6 Å². The molecule has 1 unspecified atom stereocenters. The Labute approximate surface area is 168 Å². The second kappa shape index (κ2) is 9.48. The summed E-state index contributed by atoms with van der Waals surface area (Å²) in [5.41, 5.74) is 1.03. The molecule has 28 heavy (non-hydrogen) atoms. The first-order valence-corrected chi connectivity index (χ1v) is 9.89. The molecule has 148 valence electrons. The maximum absolute atomic E-state index is 12.3. The first-order valence-electron chi connectivity index (χ1n) is 9.01. The molecule has 0 aliphatic carbocycles. The predicted octanol–water partition coefficient (Wildman–Crippen LogP) is 3.16. The number of carbonyl (C=O) groups excluding carboxylic acids is 1. The van der Waals surface area contributed by atoms with Crippen molar-refractivity contribution in [2.45, 2.75) is 18.9 Å². The predicted molar refractivity (Wildman–Crippen MR) is 108 cm³/mol. The first kappa shape index (κ1) is 20.0. The van der Waals surface area contributed by atoms with E-state index in [0.717, 1.165) is 16.2 Å². The second-order valence-electron chi connectivity index (χ2n) is 6.51. The minimum Gasteiger partial charge on any atom is -0.496 e. The normalized spacial score (nSPS) is 12.1. The monoisotopic (exact) mass is 400 g/mol. The maximum Gasteiger partial charge on any atom is 0.227 e. The molecular formula is C20H24N4O3S. The largest absolute Gasteiger partial charge is 0.496 e. The number of carbonyl (C=O) groups is 1. The highest BCUT2D eigenvalue weighted by molar-refractivity contribution is 7.13. The summed E-state index contributed by atoms with van der Waals surface area (Å²) in [6.07, 6.45) is 0.698. The number of likely N-dealkylation sites (N-methyl/N-ethyl adjacent to an activating group) is 1. The van der Waals surface area contributed by atoms with E-state index in [2.05, 4.69) is 20.4 Å². The quantitative estimate of drug-likeness (QED) is 0.594. The number of nitrogens with one attached hydrogen (secondary N) is 1. The number of nitrogens with zero attached hydrogens (tertiary/aromatic N) is 3. The van der Waals surface area contributed by atoms with Gasteiger partial charge in [-0.05, 0) is 31.6 Å². The van der Waals surface area contributed by atoms with Gasteiger partial charge < -0.3 is 19.5 Å². The second-order valence-corrected chi connectivity index (χ2v) is 7.46. The molecule has 3 aromatic rings. The lowest BCUT2D eigenvalue weighted by molar-refractivity contribution is -0.121. The Bertz CT molecular complexity index is 893. The molecule has 2 aromatic heterocycles. The standard InChI is InChI=1S/C20H24N4O3S/c1-24(2)15(14-7-4-5-8-16(14)26-3)13-21-18(25)10-11-19-22-20(23-27-19)17-9-6-12-28-17/h4-9,12,15H,10-11,13H2,1-3H3,(H,21,25). The third kappa shape index (κ3) is 4.96. The van der Waals surface area contributed by atoms with Gasteiger partial charge in [-0.1, -0.05) is 29.4 Å². The van der Waals surface area contributed by atoms with Gasteiger partial charge in [0.05, 0.1) is 18.0 Å². The third-order valence-electron chi connectivity index (χ3n) is 4.39. The SMILES string of the molecule is COc1ccccc1C(CNC(=O)CCc1nc(-c2cccs2)no1)N(C)C. The topological polar surface area (TPSA) is 80.5 Å². The average Bonchev–Trinajstić information content (AvgIpc) is 3.38. The van der Waals surface area contributed by atoms with Gasteiger partial charge >= 0.3 is 0 Å². The van der Waals surface area contributed by atoms with Gasteiger partial charge in [-0.2, -0.15) is 4.98 Å². The van der Waals surface area contributed by atoms with E-state index in [1.165, 1.54) is 0 Å². The molecule has 1 atom stereocenters. The van der Waals surface area contributed by atoms with Gasteiger partial charge in [-0.15, -0.1) is 11.3 Å². The van der Waals surface area contributed by atoms with Crippen molar-refractivity contribution in [3.05, 3.63) is 53.2 Å². The number of rotatable bonds is 9. The van der Waals surface area contributed by atoms with E-state index in [9.17, 15) is 4.79 Å². The third-order valence-corrected chi connectivity index (χ3v) is 5.26. The molecule has 0 spiro atoms. The fourth-order valence-corrected chi connectivity index (χ4v) is 3.54. The molecule has 0 fully saturated rings. The minimum absolute atomic E-state index is 0.00827. The lowest BCUT2D eigenvalue weighted by atomic mass is 10.0. The van der Waals surface area contributed by atoms with Crippen LogP contribution in [0.1, 0.15) is 23.9 Å².